The van der Waals surface area contributed by atoms with Gasteiger partial charge < -0.3 is 22.5 Å². The zero-order valence-electron chi connectivity index (χ0n) is 10.8. The van der Waals surface area contributed by atoms with Gasteiger partial charge in [0, 0.05) is 6.07 Å². The van der Waals surface area contributed by atoms with E-state index >= 15 is 0 Å². The predicted molar refractivity (Wildman–Crippen MR) is 68.6 cm³/mol. The van der Waals surface area contributed by atoms with E-state index in [9.17, 15) is 4.79 Å². The number of methoxy groups -OCH3 is 1. The second-order valence-electron chi connectivity index (χ2n) is 3.91. The zero-order valence-corrected chi connectivity index (χ0v) is 11.5. The van der Waals surface area contributed by atoms with E-state index in [-0.39, 0.29) is 18.3 Å². The molecule has 0 unspecified atom stereocenters. The topological polar surface area (TPSA) is 42.2 Å². The second-order valence-corrected chi connectivity index (χ2v) is 3.91. The maximum absolute atomic E-state index is 12.1. The van der Waals surface area contributed by atoms with E-state index in [0.717, 1.165) is 0 Å². The summed E-state index contributed by atoms with van der Waals surface area (Å²) in [6.07, 6.45) is 3.64. The Balaban J connectivity index is 0.00000180. The number of pyridine rings is 1. The number of amides is 1. The average Bonchev–Trinajstić information content (AvgIpc) is 2.39. The summed E-state index contributed by atoms with van der Waals surface area (Å²) < 4.78 is 7.02. The molecule has 4 nitrogen and oxygen atoms in total. The number of para-hydroxylation sites is 2. The molecule has 0 aliphatic rings. The van der Waals surface area contributed by atoms with Crippen molar-refractivity contribution in [1.82, 2.24) is 0 Å². The van der Waals surface area contributed by atoms with Crippen molar-refractivity contribution in [3.8, 4) is 5.75 Å². The smallest absolute Gasteiger partial charge is 0.261 e. The van der Waals surface area contributed by atoms with E-state index in [4.69, 9.17) is 4.74 Å². The van der Waals surface area contributed by atoms with Crippen molar-refractivity contribution in [1.29, 1.82) is 0 Å². The predicted octanol–water partition coefficient (Wildman–Crippen LogP) is -1.22. The van der Waals surface area contributed by atoms with Gasteiger partial charge in [0.2, 0.25) is 0 Å². The molecule has 0 spiro atoms. The fourth-order valence-electron chi connectivity index (χ4n) is 1.66. The molecule has 1 heterocycles. The normalized spacial score (nSPS) is 9.37. The largest absolute Gasteiger partial charge is 1.00 e. The quantitative estimate of drug-likeness (QED) is 0.715. The lowest BCUT2D eigenvalue weighted by Crippen LogP contribution is -3.00. The minimum Gasteiger partial charge on any atom is -1.00 e. The number of ether oxygens (including phenoxy) is 1. The molecule has 100 valence electrons. The minimum atomic E-state index is -0.157. The maximum Gasteiger partial charge on any atom is 0.261 e. The van der Waals surface area contributed by atoms with Crippen LogP contribution in [-0.4, -0.2) is 13.0 Å². The van der Waals surface area contributed by atoms with Gasteiger partial charge in [-0.2, -0.15) is 0 Å². The number of carbonyl (C=O) groups is 1. The molecule has 1 amide bonds. The van der Waals surface area contributed by atoms with E-state index in [1.54, 1.807) is 31.5 Å². The molecular weight excluding hydrogens is 264 g/mol. The molecule has 0 fully saturated rings. The Labute approximate surface area is 118 Å². The number of aromatic nitrogens is 1. The SMILES string of the molecule is COc1ccccc1NC(=O)c1ccc[n+](C)c1.[Cl-]. The third kappa shape index (κ3) is 3.69. The lowest BCUT2D eigenvalue weighted by atomic mass is 10.2. The van der Waals surface area contributed by atoms with Gasteiger partial charge in [0.15, 0.2) is 12.4 Å². The molecule has 0 bridgehead atoms. The van der Waals surface area contributed by atoms with E-state index in [0.29, 0.717) is 17.0 Å². The molecular formula is C14H15ClN2O2. The van der Waals surface area contributed by atoms with E-state index in [2.05, 4.69) is 5.32 Å². The van der Waals surface area contributed by atoms with Crippen molar-refractivity contribution in [2.75, 3.05) is 12.4 Å². The monoisotopic (exact) mass is 278 g/mol. The summed E-state index contributed by atoms with van der Waals surface area (Å²) in [5.41, 5.74) is 1.27. The standard InChI is InChI=1S/C14H14N2O2.ClH/c1-16-9-5-6-11(10-16)14(17)15-12-7-3-4-8-13(12)18-2;/h3-10H,1-2H3;1H. The van der Waals surface area contributed by atoms with Crippen molar-refractivity contribution in [3.63, 3.8) is 0 Å². The number of aryl methyl sites for hydroxylation is 1. The highest BCUT2D eigenvalue weighted by Crippen LogP contribution is 2.23. The Morgan fingerprint density at radius 2 is 1.95 bits per heavy atom. The van der Waals surface area contributed by atoms with E-state index in [1.807, 2.05) is 36.0 Å². The number of carbonyl (C=O) groups excluding carboxylic acids is 1. The maximum atomic E-state index is 12.1. The number of nitrogens with zero attached hydrogens (tertiary/aromatic N) is 1. The van der Waals surface area contributed by atoms with E-state index < -0.39 is 0 Å². The summed E-state index contributed by atoms with van der Waals surface area (Å²) in [6.45, 7) is 0. The first-order valence-corrected chi connectivity index (χ1v) is 5.60. The molecule has 5 heteroatoms. The number of benzene rings is 1. The van der Waals surface area contributed by atoms with Gasteiger partial charge in [-0.1, -0.05) is 12.1 Å². The minimum absolute atomic E-state index is 0. The summed E-state index contributed by atoms with van der Waals surface area (Å²) in [4.78, 5) is 12.1. The molecule has 2 aromatic rings. The van der Waals surface area contributed by atoms with Crippen molar-refractivity contribution in [2.24, 2.45) is 7.05 Å². The summed E-state index contributed by atoms with van der Waals surface area (Å²) in [5, 5.41) is 2.83. The van der Waals surface area contributed by atoms with Gasteiger partial charge in [-0.05, 0) is 18.2 Å². The summed E-state index contributed by atoms with van der Waals surface area (Å²) in [5.74, 6) is 0.488. The molecule has 1 aromatic carbocycles. The fraction of sp³-hybridized carbons (Fsp3) is 0.143. The van der Waals surface area contributed by atoms with Crippen LogP contribution in [0.3, 0.4) is 0 Å². The van der Waals surface area contributed by atoms with Gasteiger partial charge >= 0.3 is 0 Å². The first-order chi connectivity index (χ1) is 8.70. The highest BCUT2D eigenvalue weighted by molar-refractivity contribution is 6.04. The van der Waals surface area contributed by atoms with Gasteiger partial charge in [0.25, 0.3) is 5.91 Å². The molecule has 1 aromatic heterocycles. The molecule has 0 saturated heterocycles. The molecule has 19 heavy (non-hydrogen) atoms. The number of hydrogen-bond acceptors (Lipinski definition) is 2. The van der Waals surface area contributed by atoms with Gasteiger partial charge in [0.05, 0.1) is 12.8 Å². The highest BCUT2D eigenvalue weighted by atomic mass is 35.5. The molecule has 1 N–H and O–H groups in total. The molecule has 0 saturated carbocycles. The average molecular weight is 279 g/mol. The molecule has 0 aliphatic heterocycles. The molecule has 0 atom stereocenters. The Hall–Kier alpha value is -2.07. The first-order valence-electron chi connectivity index (χ1n) is 5.60. The van der Waals surface area contributed by atoms with Crippen LogP contribution in [0.2, 0.25) is 0 Å². The van der Waals surface area contributed by atoms with Gasteiger partial charge in [-0.15, -0.1) is 0 Å². The van der Waals surface area contributed by atoms with Crippen molar-refractivity contribution < 1.29 is 26.5 Å². The van der Waals surface area contributed by atoms with Crippen LogP contribution in [0.25, 0.3) is 0 Å². The lowest BCUT2D eigenvalue weighted by molar-refractivity contribution is -0.671. The van der Waals surface area contributed by atoms with Crippen LogP contribution in [0.15, 0.2) is 48.8 Å². The van der Waals surface area contributed by atoms with E-state index in [1.165, 1.54) is 0 Å². The lowest BCUT2D eigenvalue weighted by Gasteiger charge is -2.09. The summed E-state index contributed by atoms with van der Waals surface area (Å²) in [7, 11) is 3.45. The van der Waals surface area contributed by atoms with Gasteiger partial charge in [-0.25, -0.2) is 4.57 Å². The second kappa shape index (κ2) is 6.75. The van der Waals surface area contributed by atoms with Crippen LogP contribution in [-0.2, 0) is 7.05 Å². The van der Waals surface area contributed by atoms with Gasteiger partial charge in [0.1, 0.15) is 18.4 Å². The molecule has 0 radical (unpaired) electrons. The Kier molecular flexibility index (Phi) is 5.33. The van der Waals surface area contributed by atoms with Crippen molar-refractivity contribution in [2.45, 2.75) is 0 Å². The number of rotatable bonds is 3. The highest BCUT2D eigenvalue weighted by Gasteiger charge is 2.11. The number of anilines is 1. The Morgan fingerprint density at radius 1 is 1.21 bits per heavy atom. The van der Waals surface area contributed by atoms with Crippen LogP contribution in [0.5, 0.6) is 5.75 Å². The molecule has 0 aliphatic carbocycles. The first kappa shape index (κ1) is 15.0. The van der Waals surface area contributed by atoms with Crippen LogP contribution in [0, 0.1) is 0 Å². The summed E-state index contributed by atoms with van der Waals surface area (Å²) in [6, 6.07) is 10.9. The van der Waals surface area contributed by atoms with Crippen LogP contribution >= 0.6 is 0 Å². The third-order valence-corrected chi connectivity index (χ3v) is 2.56. The third-order valence-electron chi connectivity index (χ3n) is 2.56. The number of hydrogen-bond donors (Lipinski definition) is 1. The fourth-order valence-corrected chi connectivity index (χ4v) is 1.66. The number of nitrogens with one attached hydrogen (secondary N) is 1. The zero-order chi connectivity index (χ0) is 13.0. The van der Waals surface area contributed by atoms with Crippen LogP contribution in [0.4, 0.5) is 5.69 Å². The molecule has 2 rings (SSSR count). The van der Waals surface area contributed by atoms with Crippen LogP contribution in [0.1, 0.15) is 10.4 Å². The van der Waals surface area contributed by atoms with Crippen molar-refractivity contribution in [3.05, 3.63) is 54.4 Å². The Morgan fingerprint density at radius 3 is 2.63 bits per heavy atom. The Bertz CT molecular complexity index is 573. The van der Waals surface area contributed by atoms with Crippen LogP contribution < -0.4 is 27.0 Å². The number of halogens is 1. The van der Waals surface area contributed by atoms with Gasteiger partial charge in [-0.3, -0.25) is 4.79 Å². The van der Waals surface area contributed by atoms with Crippen molar-refractivity contribution >= 4 is 11.6 Å². The summed E-state index contributed by atoms with van der Waals surface area (Å²) >= 11 is 0.